The van der Waals surface area contributed by atoms with E-state index in [0.717, 1.165) is 25.3 Å². The third-order valence-corrected chi connectivity index (χ3v) is 5.12. The van der Waals surface area contributed by atoms with Gasteiger partial charge in [0, 0.05) is 45.8 Å². The van der Waals surface area contributed by atoms with Crippen molar-refractivity contribution in [2.24, 2.45) is 5.73 Å². The van der Waals surface area contributed by atoms with Gasteiger partial charge in [-0.05, 0) is 19.8 Å². The van der Waals surface area contributed by atoms with Crippen molar-refractivity contribution >= 4 is 30.7 Å². The van der Waals surface area contributed by atoms with E-state index < -0.39 is 5.54 Å². The third kappa shape index (κ3) is 4.86. The van der Waals surface area contributed by atoms with Crippen molar-refractivity contribution in [1.82, 2.24) is 19.9 Å². The number of aromatic nitrogens is 2. The summed E-state index contributed by atoms with van der Waals surface area (Å²) in [6.45, 7) is 8.12. The summed E-state index contributed by atoms with van der Waals surface area (Å²) in [5.41, 5.74) is 5.56. The summed E-state index contributed by atoms with van der Waals surface area (Å²) in [6.07, 6.45) is 1.97. The number of piperazine rings is 1. The van der Waals surface area contributed by atoms with E-state index in [-0.39, 0.29) is 36.8 Å². The molecule has 0 radical (unpaired) electrons. The van der Waals surface area contributed by atoms with Gasteiger partial charge in [-0.15, -0.1) is 24.8 Å². The molecule has 2 saturated heterocycles. The molecule has 1 unspecified atom stereocenters. The Bertz CT molecular complexity index is 572. The van der Waals surface area contributed by atoms with Crippen LogP contribution in [0.25, 0.3) is 0 Å². The van der Waals surface area contributed by atoms with Crippen LogP contribution < -0.4 is 5.73 Å². The summed E-state index contributed by atoms with van der Waals surface area (Å²) >= 11 is 0. The zero-order valence-corrected chi connectivity index (χ0v) is 17.0. The Morgan fingerprint density at radius 2 is 1.85 bits per heavy atom. The molecule has 0 saturated carbocycles. The zero-order valence-electron chi connectivity index (χ0n) is 15.3. The number of nitrogens with two attached hydrogens (primary N) is 1. The normalized spacial score (nSPS) is 21.4. The van der Waals surface area contributed by atoms with Crippen molar-refractivity contribution in [3.8, 4) is 0 Å². The van der Waals surface area contributed by atoms with Gasteiger partial charge in [0.1, 0.15) is 0 Å². The van der Waals surface area contributed by atoms with Crippen LogP contribution in [0.15, 0.2) is 4.52 Å². The van der Waals surface area contributed by atoms with E-state index >= 15 is 0 Å². The van der Waals surface area contributed by atoms with Crippen LogP contribution in [0.2, 0.25) is 0 Å². The molecule has 8 nitrogen and oxygen atoms in total. The molecule has 0 aliphatic carbocycles. The fourth-order valence-electron chi connectivity index (χ4n) is 3.31. The number of carbonyl (C=O) groups is 1. The van der Waals surface area contributed by atoms with Crippen LogP contribution >= 0.6 is 24.8 Å². The molecule has 0 bridgehead atoms. The molecule has 3 heterocycles. The number of rotatable bonds is 4. The largest absolute Gasteiger partial charge is 0.381 e. The van der Waals surface area contributed by atoms with Crippen molar-refractivity contribution in [3.05, 3.63) is 11.7 Å². The highest BCUT2D eigenvalue weighted by molar-refractivity contribution is 5.86. The van der Waals surface area contributed by atoms with Crippen LogP contribution in [0.5, 0.6) is 0 Å². The van der Waals surface area contributed by atoms with Crippen molar-refractivity contribution in [2.45, 2.75) is 44.7 Å². The predicted octanol–water partition coefficient (Wildman–Crippen LogP) is 1.19. The summed E-state index contributed by atoms with van der Waals surface area (Å²) in [5, 5.41) is 3.96. The van der Waals surface area contributed by atoms with Gasteiger partial charge in [-0.1, -0.05) is 12.1 Å². The Kier molecular flexibility index (Phi) is 8.75. The Morgan fingerprint density at radius 3 is 2.38 bits per heavy atom. The smallest absolute Gasteiger partial charge is 0.243 e. The van der Waals surface area contributed by atoms with Gasteiger partial charge in [-0.25, -0.2) is 0 Å². The molecule has 2 aliphatic rings. The molecule has 3 rings (SSSR count). The third-order valence-electron chi connectivity index (χ3n) is 5.12. The van der Waals surface area contributed by atoms with Crippen molar-refractivity contribution < 1.29 is 14.1 Å². The van der Waals surface area contributed by atoms with Gasteiger partial charge in [0.05, 0.1) is 11.6 Å². The molecule has 2 aliphatic heterocycles. The number of hydrogen-bond donors (Lipinski definition) is 1. The molecule has 150 valence electrons. The quantitative estimate of drug-likeness (QED) is 0.796. The first kappa shape index (κ1) is 23.1. The number of ether oxygens (including phenoxy) is 1. The first-order valence-electron chi connectivity index (χ1n) is 8.76. The average Bonchev–Trinajstić information content (AvgIpc) is 3.10. The Hall–Kier alpha value is -0.930. The van der Waals surface area contributed by atoms with Crippen LogP contribution in [0.4, 0.5) is 0 Å². The second-order valence-electron chi connectivity index (χ2n) is 6.68. The number of carbonyl (C=O) groups excluding carboxylic acids is 1. The van der Waals surface area contributed by atoms with Gasteiger partial charge in [0.25, 0.3) is 0 Å². The van der Waals surface area contributed by atoms with Gasteiger partial charge in [-0.3, -0.25) is 9.69 Å². The monoisotopic (exact) mass is 409 g/mol. The SMILES string of the molecule is CCc1noc(C(C)N2CCN(C(=O)C3(N)CCOCC3)CC2)n1.Cl.Cl. The standard InChI is InChI=1S/C16H27N5O3.2ClH/c1-3-13-18-14(24-19-13)12(2)20-6-8-21(9-7-20)15(22)16(17)4-10-23-11-5-16;;/h12H,3-11,17H2,1-2H3;2*1H. The minimum absolute atomic E-state index is 0. The topological polar surface area (TPSA) is 97.7 Å². The molecule has 0 aromatic carbocycles. The molecule has 1 aromatic rings. The van der Waals surface area contributed by atoms with Gasteiger partial charge >= 0.3 is 0 Å². The molecule has 1 atom stereocenters. The first-order chi connectivity index (χ1) is 11.5. The number of hydrogen-bond acceptors (Lipinski definition) is 7. The molecular formula is C16H29Cl2N5O3. The lowest BCUT2D eigenvalue weighted by molar-refractivity contribution is -0.142. The Balaban J connectivity index is 0.00000169. The molecular weight excluding hydrogens is 381 g/mol. The number of halogens is 2. The van der Waals surface area contributed by atoms with Gasteiger partial charge in [0.2, 0.25) is 11.8 Å². The van der Waals surface area contributed by atoms with Gasteiger partial charge in [0.15, 0.2) is 5.82 Å². The van der Waals surface area contributed by atoms with Crippen LogP contribution in [0, 0.1) is 0 Å². The van der Waals surface area contributed by atoms with Crippen LogP contribution in [-0.2, 0) is 16.0 Å². The van der Waals surface area contributed by atoms with Crippen LogP contribution in [0.3, 0.4) is 0 Å². The van der Waals surface area contributed by atoms with E-state index in [1.54, 1.807) is 0 Å². The second kappa shape index (κ2) is 9.85. The second-order valence-corrected chi connectivity index (χ2v) is 6.68. The minimum Gasteiger partial charge on any atom is -0.381 e. The molecule has 10 heteroatoms. The summed E-state index contributed by atoms with van der Waals surface area (Å²) < 4.78 is 10.7. The summed E-state index contributed by atoms with van der Waals surface area (Å²) in [4.78, 5) is 21.3. The van der Waals surface area contributed by atoms with Crippen molar-refractivity contribution in [1.29, 1.82) is 0 Å². The lowest BCUT2D eigenvalue weighted by atomic mass is 9.89. The molecule has 1 aromatic heterocycles. The molecule has 26 heavy (non-hydrogen) atoms. The van der Waals surface area contributed by atoms with E-state index in [9.17, 15) is 4.79 Å². The minimum atomic E-state index is -0.755. The van der Waals surface area contributed by atoms with E-state index in [1.165, 1.54) is 0 Å². The van der Waals surface area contributed by atoms with Gasteiger partial charge in [-0.2, -0.15) is 4.98 Å². The first-order valence-corrected chi connectivity index (χ1v) is 8.76. The maximum absolute atomic E-state index is 12.7. The van der Waals surface area contributed by atoms with Crippen LogP contribution in [-0.4, -0.2) is 70.8 Å². The number of amides is 1. The summed E-state index contributed by atoms with van der Waals surface area (Å²) in [5.74, 6) is 1.44. The Morgan fingerprint density at radius 1 is 1.23 bits per heavy atom. The molecule has 0 spiro atoms. The van der Waals surface area contributed by atoms with E-state index in [2.05, 4.69) is 22.0 Å². The fourth-order valence-corrected chi connectivity index (χ4v) is 3.31. The summed E-state index contributed by atoms with van der Waals surface area (Å²) in [7, 11) is 0. The lowest BCUT2D eigenvalue weighted by Crippen LogP contribution is -2.61. The van der Waals surface area contributed by atoms with Crippen molar-refractivity contribution in [2.75, 3.05) is 39.4 Å². The lowest BCUT2D eigenvalue weighted by Gasteiger charge is -2.41. The molecule has 1 amide bonds. The molecule has 2 N–H and O–H groups in total. The zero-order chi connectivity index (χ0) is 17.2. The number of nitrogens with zero attached hydrogens (tertiary/aromatic N) is 4. The fraction of sp³-hybridized carbons (Fsp3) is 0.812. The van der Waals surface area contributed by atoms with Crippen molar-refractivity contribution in [3.63, 3.8) is 0 Å². The maximum atomic E-state index is 12.7. The molecule has 2 fully saturated rings. The average molecular weight is 410 g/mol. The van der Waals surface area contributed by atoms with E-state index in [4.69, 9.17) is 15.0 Å². The highest BCUT2D eigenvalue weighted by atomic mass is 35.5. The maximum Gasteiger partial charge on any atom is 0.243 e. The van der Waals surface area contributed by atoms with E-state index in [0.29, 0.717) is 45.0 Å². The summed E-state index contributed by atoms with van der Waals surface area (Å²) in [6, 6.07) is 0.0602. The van der Waals surface area contributed by atoms with Gasteiger partial charge < -0.3 is 19.9 Å². The van der Waals surface area contributed by atoms with E-state index in [1.807, 2.05) is 11.8 Å². The number of aryl methyl sites for hydroxylation is 1. The van der Waals surface area contributed by atoms with Crippen LogP contribution in [0.1, 0.15) is 44.4 Å². The highest BCUT2D eigenvalue weighted by Gasteiger charge is 2.40. The highest BCUT2D eigenvalue weighted by Crippen LogP contribution is 2.24. The Labute approximate surface area is 166 Å². The predicted molar refractivity (Wildman–Crippen MR) is 102 cm³/mol.